The second kappa shape index (κ2) is 8.45. The van der Waals surface area contributed by atoms with Crippen LogP contribution >= 0.6 is 0 Å². The molecule has 0 saturated carbocycles. The van der Waals surface area contributed by atoms with E-state index in [1.165, 1.54) is 6.07 Å². The van der Waals surface area contributed by atoms with Crippen molar-refractivity contribution in [2.24, 2.45) is 0 Å². The number of rotatable bonds is 6. The van der Waals surface area contributed by atoms with Crippen LogP contribution in [0.3, 0.4) is 0 Å². The first-order chi connectivity index (χ1) is 14.4. The molecule has 0 bridgehead atoms. The van der Waals surface area contributed by atoms with E-state index in [1.54, 1.807) is 4.52 Å². The summed E-state index contributed by atoms with van der Waals surface area (Å²) >= 11 is 0. The first-order valence-corrected chi connectivity index (χ1v) is 10.1. The summed E-state index contributed by atoms with van der Waals surface area (Å²) in [5, 5.41) is 5.77. The van der Waals surface area contributed by atoms with Crippen LogP contribution in [0.25, 0.3) is 5.65 Å². The predicted molar refractivity (Wildman–Crippen MR) is 111 cm³/mol. The third-order valence-electron chi connectivity index (χ3n) is 5.61. The van der Waals surface area contributed by atoms with Crippen LogP contribution < -0.4 is 10.9 Å². The van der Waals surface area contributed by atoms with Gasteiger partial charge in [-0.25, -0.2) is 9.50 Å². The minimum Gasteiger partial charge on any atom is -0.465 e. The molecular formula is C21H27N5O4. The van der Waals surface area contributed by atoms with Gasteiger partial charge in [-0.1, -0.05) is 0 Å². The number of furan rings is 1. The molecule has 1 aliphatic heterocycles. The summed E-state index contributed by atoms with van der Waals surface area (Å²) in [6.07, 6.45) is 0.188. The van der Waals surface area contributed by atoms with E-state index in [0.717, 1.165) is 41.6 Å². The number of aromatic amines is 1. The lowest BCUT2D eigenvalue weighted by Crippen LogP contribution is -2.44. The van der Waals surface area contributed by atoms with Gasteiger partial charge in [-0.05, 0) is 32.9 Å². The Morgan fingerprint density at radius 1 is 1.27 bits per heavy atom. The van der Waals surface area contributed by atoms with Crippen LogP contribution in [0.5, 0.6) is 0 Å². The number of morpholine rings is 1. The van der Waals surface area contributed by atoms with Crippen LogP contribution in [0, 0.1) is 20.8 Å². The summed E-state index contributed by atoms with van der Waals surface area (Å²) in [4.78, 5) is 31.1. The maximum atomic E-state index is 12.8. The van der Waals surface area contributed by atoms with Crippen LogP contribution in [-0.4, -0.2) is 58.3 Å². The molecule has 1 unspecified atom stereocenters. The van der Waals surface area contributed by atoms with Crippen LogP contribution in [0.4, 0.5) is 0 Å². The molecule has 3 aromatic rings. The number of H-pyrrole nitrogens is 1. The molecule has 0 radical (unpaired) electrons. The lowest BCUT2D eigenvalue weighted by Gasteiger charge is -2.33. The van der Waals surface area contributed by atoms with Crippen molar-refractivity contribution in [3.63, 3.8) is 0 Å². The fraction of sp³-hybridized carbons (Fsp3) is 0.476. The lowest BCUT2D eigenvalue weighted by molar-refractivity contribution is -0.120. The summed E-state index contributed by atoms with van der Waals surface area (Å²) in [5.74, 6) is 1.59. The topological polar surface area (TPSA) is 105 Å². The number of aryl methyl sites for hydroxylation is 3. The van der Waals surface area contributed by atoms with Crippen LogP contribution in [0.2, 0.25) is 0 Å². The Labute approximate surface area is 174 Å². The molecule has 1 amide bonds. The minimum absolute atomic E-state index is 0.0462. The molecule has 160 valence electrons. The summed E-state index contributed by atoms with van der Waals surface area (Å²) in [5.41, 5.74) is 2.70. The van der Waals surface area contributed by atoms with Gasteiger partial charge in [0.05, 0.1) is 25.7 Å². The number of carbonyl (C=O) groups is 1. The molecule has 2 N–H and O–H groups in total. The van der Waals surface area contributed by atoms with E-state index in [-0.39, 0.29) is 23.9 Å². The van der Waals surface area contributed by atoms with Gasteiger partial charge in [-0.15, -0.1) is 0 Å². The highest BCUT2D eigenvalue weighted by atomic mass is 16.5. The van der Waals surface area contributed by atoms with Gasteiger partial charge in [0, 0.05) is 42.7 Å². The van der Waals surface area contributed by atoms with Crippen molar-refractivity contribution in [1.82, 2.24) is 24.8 Å². The van der Waals surface area contributed by atoms with E-state index < -0.39 is 0 Å². The first kappa shape index (κ1) is 20.4. The maximum Gasteiger partial charge on any atom is 0.266 e. The molecule has 9 heteroatoms. The summed E-state index contributed by atoms with van der Waals surface area (Å²) < 4.78 is 12.9. The number of carbonyl (C=O) groups excluding carboxylic acids is 1. The molecule has 0 aromatic carbocycles. The zero-order valence-electron chi connectivity index (χ0n) is 17.5. The first-order valence-electron chi connectivity index (χ1n) is 10.1. The van der Waals surface area contributed by atoms with Crippen molar-refractivity contribution in [1.29, 1.82) is 0 Å². The van der Waals surface area contributed by atoms with E-state index >= 15 is 0 Å². The fourth-order valence-corrected chi connectivity index (χ4v) is 3.98. The van der Waals surface area contributed by atoms with Gasteiger partial charge in [0.2, 0.25) is 5.91 Å². The standard InChI is InChI=1S/C21H27N5O4/c1-13-4-5-18(30-13)17(25-6-8-29-9-7-25)12-22-20(27)10-16-14(2)23-19-11-21(28)24-26(19)15(16)3/h4-5,11,17H,6-10,12H2,1-3H3,(H,22,27)(H,24,28). The Morgan fingerprint density at radius 2 is 2.03 bits per heavy atom. The zero-order chi connectivity index (χ0) is 21.3. The van der Waals surface area contributed by atoms with Gasteiger partial charge in [-0.3, -0.25) is 19.6 Å². The molecule has 30 heavy (non-hydrogen) atoms. The Balaban J connectivity index is 1.48. The third-order valence-corrected chi connectivity index (χ3v) is 5.61. The third kappa shape index (κ3) is 4.17. The Bertz CT molecular complexity index is 1110. The highest BCUT2D eigenvalue weighted by Gasteiger charge is 2.26. The van der Waals surface area contributed by atoms with E-state index in [9.17, 15) is 9.59 Å². The molecule has 4 rings (SSSR count). The molecule has 9 nitrogen and oxygen atoms in total. The smallest absolute Gasteiger partial charge is 0.266 e. The average molecular weight is 413 g/mol. The van der Waals surface area contributed by atoms with E-state index in [4.69, 9.17) is 9.15 Å². The maximum absolute atomic E-state index is 12.8. The van der Waals surface area contributed by atoms with Crippen molar-refractivity contribution in [2.75, 3.05) is 32.8 Å². The molecule has 0 aliphatic carbocycles. The van der Waals surface area contributed by atoms with Gasteiger partial charge >= 0.3 is 0 Å². The Morgan fingerprint density at radius 3 is 2.73 bits per heavy atom. The average Bonchev–Trinajstić information content (AvgIpc) is 3.31. The number of hydrogen-bond donors (Lipinski definition) is 2. The van der Waals surface area contributed by atoms with Crippen molar-refractivity contribution >= 4 is 11.6 Å². The van der Waals surface area contributed by atoms with Gasteiger partial charge in [-0.2, -0.15) is 0 Å². The quantitative estimate of drug-likeness (QED) is 0.631. The fourth-order valence-electron chi connectivity index (χ4n) is 3.98. The molecular weight excluding hydrogens is 386 g/mol. The van der Waals surface area contributed by atoms with E-state index in [0.29, 0.717) is 25.4 Å². The number of amides is 1. The summed E-state index contributed by atoms with van der Waals surface area (Å²) in [7, 11) is 0. The number of hydrogen-bond acceptors (Lipinski definition) is 6. The van der Waals surface area contributed by atoms with Crippen molar-refractivity contribution in [3.05, 3.63) is 57.0 Å². The monoisotopic (exact) mass is 413 g/mol. The Kier molecular flexibility index (Phi) is 5.74. The van der Waals surface area contributed by atoms with Crippen molar-refractivity contribution in [3.8, 4) is 0 Å². The van der Waals surface area contributed by atoms with Crippen LogP contribution in [-0.2, 0) is 16.0 Å². The second-order valence-electron chi connectivity index (χ2n) is 7.67. The highest BCUT2D eigenvalue weighted by molar-refractivity contribution is 5.79. The number of fused-ring (bicyclic) bond motifs is 1. The molecule has 4 heterocycles. The molecule has 1 fully saturated rings. The normalized spacial score (nSPS) is 16.1. The largest absolute Gasteiger partial charge is 0.465 e. The van der Waals surface area contributed by atoms with Crippen LogP contribution in [0.1, 0.15) is 34.5 Å². The lowest BCUT2D eigenvalue weighted by atomic mass is 10.1. The van der Waals surface area contributed by atoms with Gasteiger partial charge in [0.15, 0.2) is 5.65 Å². The predicted octanol–water partition coefficient (Wildman–Crippen LogP) is 1.27. The highest BCUT2D eigenvalue weighted by Crippen LogP contribution is 2.23. The second-order valence-corrected chi connectivity index (χ2v) is 7.67. The molecule has 0 spiro atoms. The SMILES string of the molecule is Cc1ccc(C(CNC(=O)Cc2c(C)nc3cc(=O)[nH]n3c2C)N2CCOCC2)o1. The zero-order valence-corrected chi connectivity index (χ0v) is 17.5. The minimum atomic E-state index is -0.214. The number of nitrogens with zero attached hydrogens (tertiary/aromatic N) is 3. The molecule has 3 aromatic heterocycles. The van der Waals surface area contributed by atoms with Crippen molar-refractivity contribution in [2.45, 2.75) is 33.2 Å². The van der Waals surface area contributed by atoms with E-state index in [2.05, 4.69) is 20.3 Å². The summed E-state index contributed by atoms with van der Waals surface area (Å²) in [6.45, 7) is 9.02. The van der Waals surface area contributed by atoms with Crippen LogP contribution in [0.15, 0.2) is 27.4 Å². The summed E-state index contributed by atoms with van der Waals surface area (Å²) in [6, 6.07) is 5.31. The number of aromatic nitrogens is 3. The molecule has 1 atom stereocenters. The van der Waals surface area contributed by atoms with E-state index in [1.807, 2.05) is 32.9 Å². The molecule has 1 saturated heterocycles. The molecule has 1 aliphatic rings. The Hall–Kier alpha value is -2.91. The number of nitrogens with one attached hydrogen (secondary N) is 2. The van der Waals surface area contributed by atoms with Gasteiger partial charge < -0.3 is 14.5 Å². The van der Waals surface area contributed by atoms with Gasteiger partial charge in [0.1, 0.15) is 11.5 Å². The van der Waals surface area contributed by atoms with Gasteiger partial charge in [0.25, 0.3) is 5.56 Å². The number of ether oxygens (including phenoxy) is 1. The van der Waals surface area contributed by atoms with Crippen molar-refractivity contribution < 1.29 is 13.9 Å².